The molecule has 0 fully saturated rings. The fraction of sp³-hybridized carbons (Fsp3) is 0.161. The number of anilines is 2. The number of hydrogen-bond donors (Lipinski definition) is 2. The SMILES string of the molecule is COc1ccc(-c2c3c(cc(OC)c2OC)C(=O)N(Cc2ccc(C(=O)Nc4ccccc4N)cc2)C3)cc1. The number of benzene rings is 4. The van der Waals surface area contributed by atoms with Gasteiger partial charge in [0.05, 0.1) is 32.7 Å². The molecular weight excluding hydrogens is 494 g/mol. The number of nitrogens with two attached hydrogens (primary N) is 1. The van der Waals surface area contributed by atoms with E-state index < -0.39 is 0 Å². The molecule has 3 N–H and O–H groups in total. The predicted octanol–water partition coefficient (Wildman–Crippen LogP) is 5.37. The first-order chi connectivity index (χ1) is 18.9. The lowest BCUT2D eigenvalue weighted by Gasteiger charge is -2.17. The van der Waals surface area contributed by atoms with Gasteiger partial charge in [0.2, 0.25) is 0 Å². The fourth-order valence-corrected chi connectivity index (χ4v) is 4.80. The third kappa shape index (κ3) is 4.96. The van der Waals surface area contributed by atoms with E-state index >= 15 is 0 Å². The van der Waals surface area contributed by atoms with Crippen molar-refractivity contribution in [3.63, 3.8) is 0 Å². The molecule has 0 unspecified atom stereocenters. The van der Waals surface area contributed by atoms with Crippen LogP contribution in [0.15, 0.2) is 78.9 Å². The molecule has 0 aromatic heterocycles. The molecule has 5 rings (SSSR count). The van der Waals surface area contributed by atoms with Crippen LogP contribution in [0.4, 0.5) is 11.4 Å². The number of nitrogens with one attached hydrogen (secondary N) is 1. The topological polar surface area (TPSA) is 103 Å². The van der Waals surface area contributed by atoms with E-state index in [0.717, 1.165) is 28.0 Å². The highest BCUT2D eigenvalue weighted by molar-refractivity contribution is 6.06. The number of rotatable bonds is 8. The Bertz CT molecular complexity index is 1530. The van der Waals surface area contributed by atoms with Crippen LogP contribution in [0, 0.1) is 0 Å². The van der Waals surface area contributed by atoms with Gasteiger partial charge in [-0.05, 0) is 59.2 Å². The van der Waals surface area contributed by atoms with E-state index in [1.807, 2.05) is 48.5 Å². The minimum atomic E-state index is -0.257. The largest absolute Gasteiger partial charge is 0.497 e. The molecule has 1 aliphatic rings. The summed E-state index contributed by atoms with van der Waals surface area (Å²) < 4.78 is 16.6. The van der Waals surface area contributed by atoms with Gasteiger partial charge in [-0.25, -0.2) is 0 Å². The van der Waals surface area contributed by atoms with Crippen molar-refractivity contribution >= 4 is 23.2 Å². The smallest absolute Gasteiger partial charge is 0.255 e. The molecule has 0 radical (unpaired) electrons. The van der Waals surface area contributed by atoms with Crippen LogP contribution in [0.1, 0.15) is 31.8 Å². The Morgan fingerprint density at radius 1 is 0.923 bits per heavy atom. The molecule has 0 saturated carbocycles. The molecule has 1 heterocycles. The monoisotopic (exact) mass is 523 g/mol. The highest BCUT2D eigenvalue weighted by Gasteiger charge is 2.33. The maximum Gasteiger partial charge on any atom is 0.255 e. The van der Waals surface area contributed by atoms with Crippen LogP contribution in [0.25, 0.3) is 11.1 Å². The van der Waals surface area contributed by atoms with Gasteiger partial charge in [-0.1, -0.05) is 36.4 Å². The minimum absolute atomic E-state index is 0.0953. The fourth-order valence-electron chi connectivity index (χ4n) is 4.80. The summed E-state index contributed by atoms with van der Waals surface area (Å²) >= 11 is 0. The number of nitrogens with zero attached hydrogens (tertiary/aromatic N) is 1. The van der Waals surface area contributed by atoms with Gasteiger partial charge in [-0.2, -0.15) is 0 Å². The van der Waals surface area contributed by atoms with Crippen molar-refractivity contribution in [1.29, 1.82) is 0 Å². The summed E-state index contributed by atoms with van der Waals surface area (Å²) in [7, 11) is 4.77. The van der Waals surface area contributed by atoms with Gasteiger partial charge in [-0.15, -0.1) is 0 Å². The lowest BCUT2D eigenvalue weighted by Crippen LogP contribution is -2.23. The van der Waals surface area contributed by atoms with E-state index in [1.165, 1.54) is 0 Å². The van der Waals surface area contributed by atoms with Gasteiger partial charge in [-0.3, -0.25) is 9.59 Å². The molecule has 2 amide bonds. The van der Waals surface area contributed by atoms with Crippen LogP contribution in [0.2, 0.25) is 0 Å². The summed E-state index contributed by atoms with van der Waals surface area (Å²) in [5, 5.41) is 2.83. The minimum Gasteiger partial charge on any atom is -0.497 e. The van der Waals surface area contributed by atoms with Crippen LogP contribution in [-0.2, 0) is 13.1 Å². The van der Waals surface area contributed by atoms with Crippen molar-refractivity contribution in [3.05, 3.63) is 101 Å². The molecule has 0 atom stereocenters. The average Bonchev–Trinajstić information content (AvgIpc) is 3.27. The first kappa shape index (κ1) is 25.7. The van der Waals surface area contributed by atoms with E-state index in [9.17, 15) is 9.59 Å². The molecule has 8 heteroatoms. The number of amides is 2. The molecule has 1 aliphatic heterocycles. The molecule has 4 aromatic rings. The number of para-hydroxylation sites is 2. The van der Waals surface area contributed by atoms with Gasteiger partial charge >= 0.3 is 0 Å². The van der Waals surface area contributed by atoms with Crippen molar-refractivity contribution in [3.8, 4) is 28.4 Å². The summed E-state index contributed by atoms with van der Waals surface area (Å²) in [6.45, 7) is 0.791. The van der Waals surface area contributed by atoms with Crippen molar-refractivity contribution in [2.24, 2.45) is 0 Å². The maximum atomic E-state index is 13.5. The summed E-state index contributed by atoms with van der Waals surface area (Å²) in [5.74, 6) is 1.45. The Balaban J connectivity index is 1.39. The normalized spacial score (nSPS) is 12.2. The summed E-state index contributed by atoms with van der Waals surface area (Å²) in [5.41, 5.74) is 11.6. The number of ether oxygens (including phenoxy) is 3. The van der Waals surface area contributed by atoms with Crippen LogP contribution in [0.5, 0.6) is 17.2 Å². The van der Waals surface area contributed by atoms with Gasteiger partial charge in [0.1, 0.15) is 5.75 Å². The molecule has 0 bridgehead atoms. The van der Waals surface area contributed by atoms with Crippen LogP contribution >= 0.6 is 0 Å². The third-order valence-corrected chi connectivity index (χ3v) is 6.82. The van der Waals surface area contributed by atoms with E-state index in [4.69, 9.17) is 19.9 Å². The number of carbonyl (C=O) groups is 2. The second-order valence-electron chi connectivity index (χ2n) is 9.14. The maximum absolute atomic E-state index is 13.5. The number of fused-ring (bicyclic) bond motifs is 1. The zero-order valence-electron chi connectivity index (χ0n) is 22.0. The van der Waals surface area contributed by atoms with Crippen molar-refractivity contribution in [2.75, 3.05) is 32.4 Å². The second-order valence-corrected chi connectivity index (χ2v) is 9.14. The predicted molar refractivity (Wildman–Crippen MR) is 150 cm³/mol. The second kappa shape index (κ2) is 10.8. The number of carbonyl (C=O) groups excluding carboxylic acids is 2. The standard InChI is InChI=1S/C31H29N3O5/c1-37-22-14-12-20(13-15-22)28-24-18-34(31(36)23(24)16-27(38-2)29(28)39-3)17-19-8-10-21(11-9-19)30(35)33-26-7-5-4-6-25(26)32/h4-16H,17-18,32H2,1-3H3,(H,33,35). The Morgan fingerprint density at radius 2 is 1.64 bits per heavy atom. The first-order valence-corrected chi connectivity index (χ1v) is 12.4. The van der Waals surface area contributed by atoms with Crippen molar-refractivity contribution in [2.45, 2.75) is 13.1 Å². The zero-order chi connectivity index (χ0) is 27.5. The van der Waals surface area contributed by atoms with Gasteiger partial charge in [0.15, 0.2) is 11.5 Å². The van der Waals surface area contributed by atoms with Gasteiger partial charge in [0, 0.05) is 29.8 Å². The molecule has 0 spiro atoms. The Hall–Kier alpha value is -4.98. The Labute approximate surface area is 226 Å². The van der Waals surface area contributed by atoms with Crippen molar-refractivity contribution < 1.29 is 23.8 Å². The summed E-state index contributed by atoms with van der Waals surface area (Å²) in [6.07, 6.45) is 0. The molecule has 198 valence electrons. The first-order valence-electron chi connectivity index (χ1n) is 12.4. The van der Waals surface area contributed by atoms with E-state index in [2.05, 4.69) is 5.32 Å². The lowest BCUT2D eigenvalue weighted by atomic mass is 9.95. The molecule has 39 heavy (non-hydrogen) atoms. The highest BCUT2D eigenvalue weighted by atomic mass is 16.5. The van der Waals surface area contributed by atoms with Crippen LogP contribution in [0.3, 0.4) is 0 Å². The molecule has 4 aromatic carbocycles. The molecular formula is C31H29N3O5. The molecule has 8 nitrogen and oxygen atoms in total. The Kier molecular flexibility index (Phi) is 7.10. The lowest BCUT2D eigenvalue weighted by molar-refractivity contribution is 0.0766. The average molecular weight is 524 g/mol. The van der Waals surface area contributed by atoms with E-state index in [0.29, 0.717) is 47.1 Å². The quantitative estimate of drug-likeness (QED) is 0.301. The number of hydrogen-bond acceptors (Lipinski definition) is 6. The van der Waals surface area contributed by atoms with Gasteiger partial charge in [0.25, 0.3) is 11.8 Å². The third-order valence-electron chi connectivity index (χ3n) is 6.82. The number of methoxy groups -OCH3 is 3. The summed E-state index contributed by atoms with van der Waals surface area (Å²) in [6, 6.07) is 23.7. The molecule has 0 aliphatic carbocycles. The van der Waals surface area contributed by atoms with E-state index in [1.54, 1.807) is 56.6 Å². The van der Waals surface area contributed by atoms with Crippen LogP contribution < -0.4 is 25.3 Å². The van der Waals surface area contributed by atoms with Crippen molar-refractivity contribution in [1.82, 2.24) is 4.90 Å². The van der Waals surface area contributed by atoms with Gasteiger partial charge < -0.3 is 30.2 Å². The molecule has 0 saturated heterocycles. The van der Waals surface area contributed by atoms with Crippen LogP contribution in [-0.4, -0.2) is 38.0 Å². The zero-order valence-corrected chi connectivity index (χ0v) is 22.0. The highest BCUT2D eigenvalue weighted by Crippen LogP contribution is 2.46. The number of nitrogen functional groups attached to an aromatic ring is 1. The Morgan fingerprint density at radius 3 is 2.28 bits per heavy atom. The van der Waals surface area contributed by atoms with E-state index in [-0.39, 0.29) is 11.8 Å². The summed E-state index contributed by atoms with van der Waals surface area (Å²) in [4.78, 5) is 28.0.